The number of carbonyl (C=O) groups is 2. The van der Waals surface area contributed by atoms with Crippen LogP contribution in [-0.4, -0.2) is 11.6 Å². The lowest BCUT2D eigenvalue weighted by atomic mass is 9.84. The molecule has 0 aromatic carbocycles. The fourth-order valence-electron chi connectivity index (χ4n) is 1.81. The quantitative estimate of drug-likeness (QED) is 0.509. The summed E-state index contributed by atoms with van der Waals surface area (Å²) in [6, 6.07) is 0. The third-order valence-electron chi connectivity index (χ3n) is 2.68. The Morgan fingerprint density at radius 3 is 2.79 bits per heavy atom. The van der Waals surface area contributed by atoms with Gasteiger partial charge in [-0.05, 0) is 25.7 Å². The Morgan fingerprint density at radius 1 is 1.36 bits per heavy atom. The Morgan fingerprint density at radius 2 is 2.14 bits per heavy atom. The van der Waals surface area contributed by atoms with Gasteiger partial charge in [0.15, 0.2) is 0 Å². The number of allylic oxidation sites excluding steroid dienone is 2. The average molecular weight is 194 g/mol. The van der Waals surface area contributed by atoms with Gasteiger partial charge >= 0.3 is 0 Å². The Labute approximate surface area is 85.4 Å². The summed E-state index contributed by atoms with van der Waals surface area (Å²) in [7, 11) is 0. The van der Waals surface area contributed by atoms with Crippen molar-refractivity contribution < 1.29 is 9.59 Å². The van der Waals surface area contributed by atoms with E-state index in [1.807, 2.05) is 0 Å². The molecule has 0 aromatic rings. The van der Waals surface area contributed by atoms with Gasteiger partial charge in [-0.15, -0.1) is 0 Å². The smallest absolute Gasteiger partial charge is 0.143 e. The van der Waals surface area contributed by atoms with Crippen molar-refractivity contribution in [1.82, 2.24) is 0 Å². The minimum Gasteiger partial charge on any atom is -0.299 e. The molecule has 2 nitrogen and oxygen atoms in total. The van der Waals surface area contributed by atoms with Gasteiger partial charge in [-0.25, -0.2) is 0 Å². The summed E-state index contributed by atoms with van der Waals surface area (Å²) in [6.07, 6.45) is 8.76. The third-order valence-corrected chi connectivity index (χ3v) is 2.68. The summed E-state index contributed by atoms with van der Waals surface area (Å²) >= 11 is 0. The molecule has 1 aliphatic carbocycles. The summed E-state index contributed by atoms with van der Waals surface area (Å²) in [5.74, 6) is 0.427. The molecular weight excluding hydrogens is 176 g/mol. The van der Waals surface area contributed by atoms with Gasteiger partial charge in [-0.3, -0.25) is 9.59 Å². The van der Waals surface area contributed by atoms with Gasteiger partial charge in [0.25, 0.3) is 0 Å². The Bertz CT molecular complexity index is 241. The van der Waals surface area contributed by atoms with E-state index < -0.39 is 0 Å². The molecule has 0 amide bonds. The second kappa shape index (κ2) is 5.74. The van der Waals surface area contributed by atoms with Crippen LogP contribution in [0, 0.1) is 5.92 Å². The summed E-state index contributed by atoms with van der Waals surface area (Å²) < 4.78 is 0. The first-order valence-electron chi connectivity index (χ1n) is 5.43. The first-order chi connectivity index (χ1) is 6.74. The summed E-state index contributed by atoms with van der Waals surface area (Å²) in [5, 5.41) is 0. The standard InChI is InChI=1S/C12H18O2/c1-2-3-4-5-6-10-7-8-11(13)9-12(10)14/h3-4,10H,2,5-9H2,1H3/b4-3-. The minimum atomic E-state index is 0.121. The number of ketones is 2. The van der Waals surface area contributed by atoms with Crippen molar-refractivity contribution in [3.63, 3.8) is 0 Å². The lowest BCUT2D eigenvalue weighted by Crippen LogP contribution is -2.24. The maximum atomic E-state index is 11.4. The van der Waals surface area contributed by atoms with E-state index in [0.717, 1.165) is 25.7 Å². The van der Waals surface area contributed by atoms with E-state index >= 15 is 0 Å². The van der Waals surface area contributed by atoms with Crippen molar-refractivity contribution in [2.24, 2.45) is 5.92 Å². The molecule has 1 atom stereocenters. The van der Waals surface area contributed by atoms with E-state index in [1.165, 1.54) is 0 Å². The van der Waals surface area contributed by atoms with Crippen molar-refractivity contribution in [2.75, 3.05) is 0 Å². The van der Waals surface area contributed by atoms with Crippen LogP contribution in [0.25, 0.3) is 0 Å². The molecule has 0 aliphatic heterocycles. The molecule has 0 aromatic heterocycles. The maximum absolute atomic E-state index is 11.4. The molecule has 0 N–H and O–H groups in total. The van der Waals surface area contributed by atoms with Crippen LogP contribution in [0.4, 0.5) is 0 Å². The maximum Gasteiger partial charge on any atom is 0.143 e. The molecule has 1 fully saturated rings. The normalized spacial score (nSPS) is 23.4. The first-order valence-corrected chi connectivity index (χ1v) is 5.43. The SMILES string of the molecule is CC/C=C\CCC1CCC(=O)CC1=O. The highest BCUT2D eigenvalue weighted by molar-refractivity contribution is 6.02. The minimum absolute atomic E-state index is 0.121. The molecule has 14 heavy (non-hydrogen) atoms. The van der Waals surface area contributed by atoms with Crippen LogP contribution in [0.1, 0.15) is 45.4 Å². The highest BCUT2D eigenvalue weighted by atomic mass is 16.1. The lowest BCUT2D eigenvalue weighted by molar-refractivity contribution is -0.132. The molecule has 0 radical (unpaired) electrons. The van der Waals surface area contributed by atoms with Crippen molar-refractivity contribution in [3.8, 4) is 0 Å². The molecule has 0 spiro atoms. The van der Waals surface area contributed by atoms with Gasteiger partial charge in [0.2, 0.25) is 0 Å². The first kappa shape index (κ1) is 11.2. The molecule has 78 valence electrons. The molecular formula is C12H18O2. The molecule has 0 heterocycles. The highest BCUT2D eigenvalue weighted by Crippen LogP contribution is 2.22. The second-order valence-electron chi connectivity index (χ2n) is 3.87. The average Bonchev–Trinajstić information content (AvgIpc) is 2.15. The second-order valence-corrected chi connectivity index (χ2v) is 3.87. The topological polar surface area (TPSA) is 34.1 Å². The van der Waals surface area contributed by atoms with Crippen LogP contribution in [0.3, 0.4) is 0 Å². The van der Waals surface area contributed by atoms with Gasteiger partial charge < -0.3 is 0 Å². The van der Waals surface area contributed by atoms with Crippen LogP contribution in [0.5, 0.6) is 0 Å². The number of carbonyl (C=O) groups excluding carboxylic acids is 2. The fourth-order valence-corrected chi connectivity index (χ4v) is 1.81. The van der Waals surface area contributed by atoms with Gasteiger partial charge in [0, 0.05) is 12.3 Å². The van der Waals surface area contributed by atoms with E-state index in [1.54, 1.807) is 0 Å². The largest absolute Gasteiger partial charge is 0.299 e. The van der Waals surface area contributed by atoms with Gasteiger partial charge in [0.05, 0.1) is 6.42 Å². The predicted octanol–water partition coefficient (Wildman–Crippen LogP) is 2.67. The Kier molecular flexibility index (Phi) is 4.57. The van der Waals surface area contributed by atoms with E-state index in [4.69, 9.17) is 0 Å². The van der Waals surface area contributed by atoms with Crippen molar-refractivity contribution in [3.05, 3.63) is 12.2 Å². The third kappa shape index (κ3) is 3.44. The van der Waals surface area contributed by atoms with Crippen LogP contribution < -0.4 is 0 Å². The zero-order chi connectivity index (χ0) is 10.4. The lowest BCUT2D eigenvalue weighted by Gasteiger charge is -2.18. The Hall–Kier alpha value is -0.920. The zero-order valence-corrected chi connectivity index (χ0v) is 8.79. The van der Waals surface area contributed by atoms with Crippen molar-refractivity contribution >= 4 is 11.6 Å². The van der Waals surface area contributed by atoms with Crippen molar-refractivity contribution in [2.45, 2.75) is 45.4 Å². The molecule has 1 unspecified atom stereocenters. The summed E-state index contributed by atoms with van der Waals surface area (Å²) in [4.78, 5) is 22.4. The monoisotopic (exact) mass is 194 g/mol. The van der Waals surface area contributed by atoms with E-state index in [2.05, 4.69) is 19.1 Å². The highest BCUT2D eigenvalue weighted by Gasteiger charge is 2.25. The van der Waals surface area contributed by atoms with E-state index in [0.29, 0.717) is 6.42 Å². The van der Waals surface area contributed by atoms with Gasteiger partial charge in [0.1, 0.15) is 11.6 Å². The molecule has 1 rings (SSSR count). The molecule has 1 saturated carbocycles. The van der Waals surface area contributed by atoms with Gasteiger partial charge in [-0.1, -0.05) is 19.1 Å². The number of hydrogen-bond acceptors (Lipinski definition) is 2. The van der Waals surface area contributed by atoms with Crippen LogP contribution in [-0.2, 0) is 9.59 Å². The van der Waals surface area contributed by atoms with Crippen LogP contribution in [0.2, 0.25) is 0 Å². The molecule has 0 bridgehead atoms. The number of Topliss-reactive ketones (excluding diaryl/α,β-unsaturated/α-hetero) is 2. The number of rotatable bonds is 4. The number of hydrogen-bond donors (Lipinski definition) is 0. The van der Waals surface area contributed by atoms with Crippen molar-refractivity contribution in [1.29, 1.82) is 0 Å². The summed E-state index contributed by atoms with van der Waals surface area (Å²) in [6.45, 7) is 2.10. The predicted molar refractivity (Wildman–Crippen MR) is 56.0 cm³/mol. The fraction of sp³-hybridized carbons (Fsp3) is 0.667. The summed E-state index contributed by atoms with van der Waals surface area (Å²) in [5.41, 5.74) is 0. The van der Waals surface area contributed by atoms with E-state index in [9.17, 15) is 9.59 Å². The van der Waals surface area contributed by atoms with Gasteiger partial charge in [-0.2, -0.15) is 0 Å². The molecule has 0 saturated heterocycles. The molecule has 2 heteroatoms. The van der Waals surface area contributed by atoms with Crippen LogP contribution in [0.15, 0.2) is 12.2 Å². The zero-order valence-electron chi connectivity index (χ0n) is 8.79. The van der Waals surface area contributed by atoms with E-state index in [-0.39, 0.29) is 23.9 Å². The van der Waals surface area contributed by atoms with Crippen LogP contribution >= 0.6 is 0 Å². The molecule has 1 aliphatic rings. The Balaban J connectivity index is 2.27.